The van der Waals surface area contributed by atoms with Crippen molar-refractivity contribution in [3.8, 4) is 0 Å². The molecule has 1 aliphatic heterocycles. The number of halogens is 1. The molecular formula is C10H15ClN4O. The van der Waals surface area contributed by atoms with Gasteiger partial charge in [0.15, 0.2) is 5.82 Å². The summed E-state index contributed by atoms with van der Waals surface area (Å²) in [6, 6.07) is 0.286. The fourth-order valence-corrected chi connectivity index (χ4v) is 1.98. The second-order valence-corrected chi connectivity index (χ2v) is 4.31. The Kier molecular flexibility index (Phi) is 3.79. The lowest BCUT2D eigenvalue weighted by Crippen LogP contribution is -2.31. The number of anilines is 1. The maximum absolute atomic E-state index is 11.3. The molecule has 1 saturated heterocycles. The molecule has 2 heterocycles. The van der Waals surface area contributed by atoms with Crippen LogP contribution in [-0.4, -0.2) is 29.1 Å². The summed E-state index contributed by atoms with van der Waals surface area (Å²) >= 11 is 5.86. The summed E-state index contributed by atoms with van der Waals surface area (Å²) < 4.78 is 0. The monoisotopic (exact) mass is 242 g/mol. The zero-order valence-electron chi connectivity index (χ0n) is 8.92. The summed E-state index contributed by atoms with van der Waals surface area (Å²) in [6.45, 7) is 1.93. The normalized spacial score (nSPS) is 21.4. The lowest BCUT2D eigenvalue weighted by molar-refractivity contribution is 0.633. The van der Waals surface area contributed by atoms with Crippen LogP contribution < -0.4 is 16.2 Å². The molecule has 6 heteroatoms. The van der Waals surface area contributed by atoms with Gasteiger partial charge in [0.05, 0.1) is 6.33 Å². The van der Waals surface area contributed by atoms with E-state index in [-0.39, 0.29) is 16.6 Å². The molecule has 0 aliphatic carbocycles. The highest BCUT2D eigenvalue weighted by atomic mass is 35.5. The van der Waals surface area contributed by atoms with Crippen molar-refractivity contribution in [3.05, 3.63) is 21.7 Å². The summed E-state index contributed by atoms with van der Waals surface area (Å²) in [4.78, 5) is 17.7. The molecule has 1 aromatic heterocycles. The Bertz CT molecular complexity index is 398. The minimum absolute atomic E-state index is 0.131. The predicted octanol–water partition coefficient (Wildman–Crippen LogP) is 0.977. The number of hydrogen-bond acceptors (Lipinski definition) is 4. The minimum atomic E-state index is -0.305. The molecule has 88 valence electrons. The molecule has 1 atom stereocenters. The quantitative estimate of drug-likeness (QED) is 0.723. The van der Waals surface area contributed by atoms with Gasteiger partial charge in [0.25, 0.3) is 5.56 Å². The van der Waals surface area contributed by atoms with Crippen LogP contribution in [0.1, 0.15) is 19.3 Å². The standard InChI is InChI=1S/C10H15ClN4O/c11-8-9(13-6-14-10(8)16)15-7-3-1-2-4-12-5-7/h6-7,12H,1-5H2,(H2,13,14,15,16). The molecule has 5 nitrogen and oxygen atoms in total. The van der Waals surface area contributed by atoms with Crippen LogP contribution in [0.5, 0.6) is 0 Å². The zero-order chi connectivity index (χ0) is 11.4. The number of rotatable bonds is 2. The van der Waals surface area contributed by atoms with Gasteiger partial charge < -0.3 is 15.6 Å². The minimum Gasteiger partial charge on any atom is -0.365 e. The van der Waals surface area contributed by atoms with E-state index in [4.69, 9.17) is 11.6 Å². The molecule has 1 aromatic rings. The third kappa shape index (κ3) is 2.74. The summed E-state index contributed by atoms with van der Waals surface area (Å²) in [7, 11) is 0. The first-order valence-electron chi connectivity index (χ1n) is 5.48. The van der Waals surface area contributed by atoms with Crippen LogP contribution >= 0.6 is 11.6 Å². The molecule has 0 amide bonds. The number of nitrogens with zero attached hydrogens (tertiary/aromatic N) is 1. The summed E-state index contributed by atoms with van der Waals surface area (Å²) in [6.07, 6.45) is 4.79. The molecule has 0 spiro atoms. The smallest absolute Gasteiger partial charge is 0.271 e. The highest BCUT2D eigenvalue weighted by Gasteiger charge is 2.14. The van der Waals surface area contributed by atoms with E-state index >= 15 is 0 Å². The highest BCUT2D eigenvalue weighted by molar-refractivity contribution is 6.32. The fraction of sp³-hybridized carbons (Fsp3) is 0.600. The molecule has 0 aromatic carbocycles. The van der Waals surface area contributed by atoms with Gasteiger partial charge in [0.2, 0.25) is 0 Å². The Labute approximate surface area is 98.6 Å². The van der Waals surface area contributed by atoms with E-state index in [1.54, 1.807) is 0 Å². The molecular weight excluding hydrogens is 228 g/mol. The number of aromatic amines is 1. The van der Waals surface area contributed by atoms with Crippen LogP contribution in [0.25, 0.3) is 0 Å². The van der Waals surface area contributed by atoms with Crippen molar-refractivity contribution >= 4 is 17.4 Å². The zero-order valence-corrected chi connectivity index (χ0v) is 9.68. The molecule has 1 aliphatic rings. The Morgan fingerprint density at radius 2 is 2.38 bits per heavy atom. The van der Waals surface area contributed by atoms with E-state index in [2.05, 4.69) is 20.6 Å². The number of H-pyrrole nitrogens is 1. The van der Waals surface area contributed by atoms with E-state index in [0.717, 1.165) is 19.5 Å². The van der Waals surface area contributed by atoms with Crippen LogP contribution in [0, 0.1) is 0 Å². The average molecular weight is 243 g/mol. The first-order chi connectivity index (χ1) is 7.77. The maximum Gasteiger partial charge on any atom is 0.271 e. The molecule has 16 heavy (non-hydrogen) atoms. The van der Waals surface area contributed by atoms with Crippen LogP contribution in [0.4, 0.5) is 5.82 Å². The van der Waals surface area contributed by atoms with E-state index in [0.29, 0.717) is 5.82 Å². The molecule has 1 unspecified atom stereocenters. The Balaban J connectivity index is 2.07. The predicted molar refractivity (Wildman–Crippen MR) is 64.0 cm³/mol. The third-order valence-corrected chi connectivity index (χ3v) is 3.03. The van der Waals surface area contributed by atoms with Gasteiger partial charge in [0.1, 0.15) is 5.02 Å². The van der Waals surface area contributed by atoms with Gasteiger partial charge in [0, 0.05) is 12.6 Å². The number of aromatic nitrogens is 2. The molecule has 0 radical (unpaired) electrons. The molecule has 0 bridgehead atoms. The lowest BCUT2D eigenvalue weighted by Gasteiger charge is -2.17. The molecule has 1 fully saturated rings. The lowest BCUT2D eigenvalue weighted by atomic mass is 10.1. The summed E-state index contributed by atoms with van der Waals surface area (Å²) in [5.41, 5.74) is -0.305. The van der Waals surface area contributed by atoms with Crippen molar-refractivity contribution < 1.29 is 0 Å². The first kappa shape index (κ1) is 11.4. The van der Waals surface area contributed by atoms with Gasteiger partial charge in [-0.2, -0.15) is 0 Å². The first-order valence-corrected chi connectivity index (χ1v) is 5.85. The third-order valence-electron chi connectivity index (χ3n) is 2.68. The largest absolute Gasteiger partial charge is 0.365 e. The van der Waals surface area contributed by atoms with Gasteiger partial charge in [-0.1, -0.05) is 18.0 Å². The van der Waals surface area contributed by atoms with Crippen molar-refractivity contribution in [3.63, 3.8) is 0 Å². The van der Waals surface area contributed by atoms with Crippen LogP contribution in [-0.2, 0) is 0 Å². The number of nitrogens with one attached hydrogen (secondary N) is 3. The average Bonchev–Trinajstić information content (AvgIpc) is 2.53. The van der Waals surface area contributed by atoms with Crippen LogP contribution in [0.15, 0.2) is 11.1 Å². The van der Waals surface area contributed by atoms with Gasteiger partial charge >= 0.3 is 0 Å². The SMILES string of the molecule is O=c1[nH]cnc(NC2CCCCNC2)c1Cl. The second-order valence-electron chi connectivity index (χ2n) is 3.94. The fourth-order valence-electron chi connectivity index (χ4n) is 1.82. The van der Waals surface area contributed by atoms with Crippen molar-refractivity contribution in [2.24, 2.45) is 0 Å². The van der Waals surface area contributed by atoms with Crippen molar-refractivity contribution in [1.82, 2.24) is 15.3 Å². The van der Waals surface area contributed by atoms with Crippen molar-refractivity contribution in [2.45, 2.75) is 25.3 Å². The van der Waals surface area contributed by atoms with Crippen LogP contribution in [0.2, 0.25) is 5.02 Å². The molecule has 3 N–H and O–H groups in total. The molecule has 2 rings (SSSR count). The number of hydrogen-bond donors (Lipinski definition) is 3. The van der Waals surface area contributed by atoms with E-state index in [9.17, 15) is 4.79 Å². The summed E-state index contributed by atoms with van der Waals surface area (Å²) in [5.74, 6) is 0.471. The van der Waals surface area contributed by atoms with Crippen molar-refractivity contribution in [1.29, 1.82) is 0 Å². The molecule has 0 saturated carbocycles. The summed E-state index contributed by atoms with van der Waals surface area (Å²) in [5, 5.41) is 6.67. The van der Waals surface area contributed by atoms with Gasteiger partial charge in [-0.25, -0.2) is 4.98 Å². The van der Waals surface area contributed by atoms with E-state index in [1.165, 1.54) is 19.2 Å². The second kappa shape index (κ2) is 5.32. The Morgan fingerprint density at radius 3 is 3.25 bits per heavy atom. The van der Waals surface area contributed by atoms with Crippen molar-refractivity contribution in [2.75, 3.05) is 18.4 Å². The van der Waals surface area contributed by atoms with Gasteiger partial charge in [-0.3, -0.25) is 4.79 Å². The van der Waals surface area contributed by atoms with E-state index < -0.39 is 0 Å². The Morgan fingerprint density at radius 1 is 1.50 bits per heavy atom. The topological polar surface area (TPSA) is 69.8 Å². The maximum atomic E-state index is 11.3. The van der Waals surface area contributed by atoms with Crippen LogP contribution in [0.3, 0.4) is 0 Å². The van der Waals surface area contributed by atoms with Gasteiger partial charge in [-0.15, -0.1) is 0 Å². The Hall–Kier alpha value is -1.07. The van der Waals surface area contributed by atoms with Gasteiger partial charge in [-0.05, 0) is 19.4 Å². The van der Waals surface area contributed by atoms with E-state index in [1.807, 2.05) is 0 Å². The highest BCUT2D eigenvalue weighted by Crippen LogP contribution is 2.16.